The lowest BCUT2D eigenvalue weighted by Crippen LogP contribution is -2.27. The number of hydrogen-bond donors (Lipinski definition) is 1. The first-order chi connectivity index (χ1) is 10.7. The van der Waals surface area contributed by atoms with E-state index in [1.807, 2.05) is 43.5 Å². The quantitative estimate of drug-likeness (QED) is 0.937. The molecule has 1 aliphatic heterocycles. The van der Waals surface area contributed by atoms with Crippen molar-refractivity contribution in [2.24, 2.45) is 5.92 Å². The minimum atomic E-state index is -0.335. The fourth-order valence-electron chi connectivity index (χ4n) is 2.56. The second kappa shape index (κ2) is 6.01. The number of nitrogens with one attached hydrogen (secondary N) is 1. The van der Waals surface area contributed by atoms with Crippen LogP contribution in [0.1, 0.15) is 13.3 Å². The lowest BCUT2D eigenvalue weighted by molar-refractivity contribution is -0.122. The Balaban J connectivity index is 1.67. The van der Waals surface area contributed by atoms with Gasteiger partial charge >= 0.3 is 0 Å². The Bertz CT molecular complexity index is 680. The molecule has 3 rings (SSSR count). The zero-order chi connectivity index (χ0) is 15.5. The minimum absolute atomic E-state index is 0.0381. The van der Waals surface area contributed by atoms with Gasteiger partial charge in [-0.3, -0.25) is 14.3 Å². The molecule has 2 heterocycles. The van der Waals surface area contributed by atoms with E-state index < -0.39 is 0 Å². The minimum Gasteiger partial charge on any atom is -0.326 e. The van der Waals surface area contributed by atoms with Crippen LogP contribution in [0, 0.1) is 5.92 Å². The van der Waals surface area contributed by atoms with Crippen LogP contribution in [0.3, 0.4) is 0 Å². The molecule has 6 heteroatoms. The van der Waals surface area contributed by atoms with Crippen molar-refractivity contribution in [3.05, 3.63) is 42.7 Å². The van der Waals surface area contributed by atoms with Gasteiger partial charge in [0, 0.05) is 31.4 Å². The van der Waals surface area contributed by atoms with Crippen molar-refractivity contribution in [2.45, 2.75) is 19.9 Å². The molecule has 2 aromatic rings. The van der Waals surface area contributed by atoms with Crippen LogP contribution in [-0.4, -0.2) is 28.1 Å². The summed E-state index contributed by atoms with van der Waals surface area (Å²) < 4.78 is 1.76. The maximum Gasteiger partial charge on any atom is 0.229 e. The third-order valence-corrected chi connectivity index (χ3v) is 3.79. The molecule has 1 N–H and O–H groups in total. The summed E-state index contributed by atoms with van der Waals surface area (Å²) in [6.45, 7) is 3.13. The van der Waals surface area contributed by atoms with E-state index in [1.54, 1.807) is 15.8 Å². The van der Waals surface area contributed by atoms with Crippen molar-refractivity contribution < 1.29 is 9.59 Å². The summed E-state index contributed by atoms with van der Waals surface area (Å²) in [6, 6.07) is 9.28. The number of hydrogen-bond acceptors (Lipinski definition) is 3. The van der Waals surface area contributed by atoms with E-state index in [1.165, 1.54) is 0 Å². The number of para-hydroxylation sites is 1. The molecule has 1 saturated heterocycles. The van der Waals surface area contributed by atoms with Gasteiger partial charge in [-0.1, -0.05) is 18.2 Å². The molecule has 22 heavy (non-hydrogen) atoms. The Morgan fingerprint density at radius 2 is 2.14 bits per heavy atom. The third-order valence-electron chi connectivity index (χ3n) is 3.79. The highest BCUT2D eigenvalue weighted by Crippen LogP contribution is 2.25. The van der Waals surface area contributed by atoms with Gasteiger partial charge in [0.2, 0.25) is 11.8 Å². The standard InChI is InChI=1S/C16H18N4O2/c1-2-19-11-14(9-17-19)20-10-12(8-15(20)21)16(22)18-13-6-4-3-5-7-13/h3-7,9,11-12H,2,8,10H2,1H3,(H,18,22)/t12-/m0/s1. The Hall–Kier alpha value is -2.63. The van der Waals surface area contributed by atoms with Crippen molar-refractivity contribution in [3.63, 3.8) is 0 Å². The monoisotopic (exact) mass is 298 g/mol. The van der Waals surface area contributed by atoms with E-state index in [9.17, 15) is 9.59 Å². The number of aromatic nitrogens is 2. The topological polar surface area (TPSA) is 67.2 Å². The van der Waals surface area contributed by atoms with Gasteiger partial charge < -0.3 is 10.2 Å². The van der Waals surface area contributed by atoms with Crippen LogP contribution in [0.2, 0.25) is 0 Å². The van der Waals surface area contributed by atoms with E-state index >= 15 is 0 Å². The van der Waals surface area contributed by atoms with E-state index in [-0.39, 0.29) is 24.2 Å². The number of benzene rings is 1. The maximum atomic E-state index is 12.3. The molecule has 6 nitrogen and oxygen atoms in total. The fourth-order valence-corrected chi connectivity index (χ4v) is 2.56. The van der Waals surface area contributed by atoms with Gasteiger partial charge in [-0.05, 0) is 19.1 Å². The Morgan fingerprint density at radius 3 is 2.82 bits per heavy atom. The Morgan fingerprint density at radius 1 is 1.36 bits per heavy atom. The number of aryl methyl sites for hydroxylation is 1. The molecule has 0 spiro atoms. The largest absolute Gasteiger partial charge is 0.326 e. The Kier molecular flexibility index (Phi) is 3.91. The number of amides is 2. The van der Waals surface area contributed by atoms with Crippen molar-refractivity contribution in [3.8, 4) is 0 Å². The number of nitrogens with zero attached hydrogens (tertiary/aromatic N) is 3. The van der Waals surface area contributed by atoms with Gasteiger partial charge in [-0.25, -0.2) is 0 Å². The van der Waals surface area contributed by atoms with Crippen molar-refractivity contribution in [1.82, 2.24) is 9.78 Å². The molecule has 0 saturated carbocycles. The molecule has 1 aromatic heterocycles. The summed E-state index contributed by atoms with van der Waals surface area (Å²) in [6.07, 6.45) is 3.73. The first-order valence-electron chi connectivity index (χ1n) is 7.36. The number of carbonyl (C=O) groups excluding carboxylic acids is 2. The van der Waals surface area contributed by atoms with Crippen LogP contribution in [0.25, 0.3) is 0 Å². The lowest BCUT2D eigenvalue weighted by atomic mass is 10.1. The normalized spacial score (nSPS) is 17.8. The predicted molar refractivity (Wildman–Crippen MR) is 83.4 cm³/mol. The third kappa shape index (κ3) is 2.86. The summed E-state index contributed by atoms with van der Waals surface area (Å²) in [5.74, 6) is -0.494. The summed E-state index contributed by atoms with van der Waals surface area (Å²) >= 11 is 0. The first kappa shape index (κ1) is 14.3. The average molecular weight is 298 g/mol. The molecular formula is C16H18N4O2. The van der Waals surface area contributed by atoms with Gasteiger partial charge in [0.25, 0.3) is 0 Å². The van der Waals surface area contributed by atoms with E-state index in [4.69, 9.17) is 0 Å². The maximum absolute atomic E-state index is 12.3. The van der Waals surface area contributed by atoms with E-state index in [0.717, 1.165) is 17.9 Å². The highest BCUT2D eigenvalue weighted by Gasteiger charge is 2.35. The molecule has 2 amide bonds. The molecule has 1 atom stereocenters. The zero-order valence-corrected chi connectivity index (χ0v) is 12.4. The molecular weight excluding hydrogens is 280 g/mol. The highest BCUT2D eigenvalue weighted by molar-refractivity contribution is 6.03. The second-order valence-corrected chi connectivity index (χ2v) is 5.31. The molecule has 1 aliphatic rings. The van der Waals surface area contributed by atoms with Crippen LogP contribution >= 0.6 is 0 Å². The molecule has 1 fully saturated rings. The predicted octanol–water partition coefficient (Wildman–Crippen LogP) is 1.89. The molecule has 0 aliphatic carbocycles. The number of carbonyl (C=O) groups is 2. The second-order valence-electron chi connectivity index (χ2n) is 5.31. The van der Waals surface area contributed by atoms with Gasteiger partial charge in [0.15, 0.2) is 0 Å². The van der Waals surface area contributed by atoms with Crippen molar-refractivity contribution in [1.29, 1.82) is 0 Å². The molecule has 114 valence electrons. The van der Waals surface area contributed by atoms with Crippen LogP contribution in [0.4, 0.5) is 11.4 Å². The van der Waals surface area contributed by atoms with Gasteiger partial charge in [0.1, 0.15) is 0 Å². The molecule has 1 aromatic carbocycles. The van der Waals surface area contributed by atoms with Crippen molar-refractivity contribution >= 4 is 23.2 Å². The number of rotatable bonds is 4. The van der Waals surface area contributed by atoms with Crippen LogP contribution in [0.15, 0.2) is 42.7 Å². The van der Waals surface area contributed by atoms with Gasteiger partial charge in [-0.2, -0.15) is 5.10 Å². The fraction of sp³-hybridized carbons (Fsp3) is 0.312. The zero-order valence-electron chi connectivity index (χ0n) is 12.4. The van der Waals surface area contributed by atoms with Gasteiger partial charge in [-0.15, -0.1) is 0 Å². The van der Waals surface area contributed by atoms with Gasteiger partial charge in [0.05, 0.1) is 17.8 Å². The molecule has 0 radical (unpaired) electrons. The summed E-state index contributed by atoms with van der Waals surface area (Å²) in [4.78, 5) is 26.1. The summed E-state index contributed by atoms with van der Waals surface area (Å²) in [5, 5.41) is 7.03. The molecule has 0 bridgehead atoms. The Labute approximate surface area is 128 Å². The summed E-state index contributed by atoms with van der Waals surface area (Å²) in [7, 11) is 0. The lowest BCUT2D eigenvalue weighted by Gasteiger charge is -2.14. The van der Waals surface area contributed by atoms with Crippen LogP contribution in [-0.2, 0) is 16.1 Å². The average Bonchev–Trinajstić information content (AvgIpc) is 3.14. The SMILES string of the molecule is CCn1cc(N2C[C@@H](C(=O)Nc3ccccc3)CC2=O)cn1. The number of anilines is 2. The first-order valence-corrected chi connectivity index (χ1v) is 7.36. The smallest absolute Gasteiger partial charge is 0.229 e. The van der Waals surface area contributed by atoms with Crippen LogP contribution in [0.5, 0.6) is 0 Å². The van der Waals surface area contributed by atoms with E-state index in [0.29, 0.717) is 6.54 Å². The van der Waals surface area contributed by atoms with Crippen LogP contribution < -0.4 is 10.2 Å². The highest BCUT2D eigenvalue weighted by atomic mass is 16.2. The molecule has 0 unspecified atom stereocenters. The van der Waals surface area contributed by atoms with E-state index in [2.05, 4.69) is 10.4 Å². The summed E-state index contributed by atoms with van der Waals surface area (Å²) in [5.41, 5.74) is 1.50. The van der Waals surface area contributed by atoms with Crippen molar-refractivity contribution in [2.75, 3.05) is 16.8 Å².